The summed E-state index contributed by atoms with van der Waals surface area (Å²) in [6.45, 7) is 7.70. The van der Waals surface area contributed by atoms with Crippen LogP contribution >= 0.6 is 0 Å². The van der Waals surface area contributed by atoms with E-state index in [0.717, 1.165) is 25.3 Å². The number of rotatable bonds is 8. The average molecular weight is 372 g/mol. The molecule has 5 heteroatoms. The highest BCUT2D eigenvalue weighted by Crippen LogP contribution is 2.19. The van der Waals surface area contributed by atoms with Crippen LogP contribution in [0.2, 0.25) is 0 Å². The maximum atomic E-state index is 12.4. The number of amides is 2. The van der Waals surface area contributed by atoms with Crippen LogP contribution in [-0.4, -0.2) is 60.9 Å². The van der Waals surface area contributed by atoms with Gasteiger partial charge in [-0.3, -0.25) is 9.59 Å². The second-order valence-electron chi connectivity index (χ2n) is 8.15. The third-order valence-corrected chi connectivity index (χ3v) is 5.93. The Morgan fingerprint density at radius 3 is 2.63 bits per heavy atom. The molecule has 2 fully saturated rings. The topological polar surface area (TPSA) is 52.7 Å². The molecule has 2 heterocycles. The lowest BCUT2D eigenvalue weighted by Crippen LogP contribution is -2.37. The van der Waals surface area contributed by atoms with Gasteiger partial charge in [0, 0.05) is 26.1 Å². The summed E-state index contributed by atoms with van der Waals surface area (Å²) in [5, 5.41) is 3.04. The van der Waals surface area contributed by atoms with Crippen molar-refractivity contribution >= 4 is 11.8 Å². The molecule has 0 aliphatic carbocycles. The molecule has 148 valence electrons. The zero-order chi connectivity index (χ0) is 19.1. The molecule has 2 saturated heterocycles. The molecule has 0 unspecified atom stereocenters. The van der Waals surface area contributed by atoms with Crippen molar-refractivity contribution < 1.29 is 9.59 Å². The summed E-state index contributed by atoms with van der Waals surface area (Å²) in [5.74, 6) is 0.807. The molecule has 27 heavy (non-hydrogen) atoms. The van der Waals surface area contributed by atoms with Crippen molar-refractivity contribution in [3.8, 4) is 0 Å². The Hall–Kier alpha value is -1.88. The Bertz CT molecular complexity index is 611. The maximum absolute atomic E-state index is 12.4. The second kappa shape index (κ2) is 9.88. The van der Waals surface area contributed by atoms with E-state index in [2.05, 4.69) is 29.3 Å². The highest BCUT2D eigenvalue weighted by atomic mass is 16.2. The number of nitrogens with one attached hydrogen (secondary N) is 1. The van der Waals surface area contributed by atoms with Crippen LogP contribution in [0.25, 0.3) is 0 Å². The highest BCUT2D eigenvalue weighted by Gasteiger charge is 2.33. The van der Waals surface area contributed by atoms with Crippen molar-refractivity contribution in [3.63, 3.8) is 0 Å². The van der Waals surface area contributed by atoms with Crippen molar-refractivity contribution in [2.45, 2.75) is 39.0 Å². The third-order valence-electron chi connectivity index (χ3n) is 5.93. The van der Waals surface area contributed by atoms with Crippen LogP contribution in [-0.2, 0) is 16.0 Å². The Kier molecular flexibility index (Phi) is 7.27. The molecule has 2 amide bonds. The van der Waals surface area contributed by atoms with E-state index in [9.17, 15) is 9.59 Å². The molecule has 0 spiro atoms. The first kappa shape index (κ1) is 19.9. The normalized spacial score (nSPS) is 21.6. The summed E-state index contributed by atoms with van der Waals surface area (Å²) in [5.41, 5.74) is 1.23. The quantitative estimate of drug-likeness (QED) is 0.714. The zero-order valence-electron chi connectivity index (χ0n) is 16.5. The van der Waals surface area contributed by atoms with E-state index in [0.29, 0.717) is 26.1 Å². The molecule has 0 saturated carbocycles. The van der Waals surface area contributed by atoms with Crippen LogP contribution in [0.1, 0.15) is 38.2 Å². The predicted octanol–water partition coefficient (Wildman–Crippen LogP) is 2.32. The minimum Gasteiger partial charge on any atom is -0.356 e. The molecular weight excluding hydrogens is 338 g/mol. The van der Waals surface area contributed by atoms with Gasteiger partial charge in [-0.05, 0) is 56.8 Å². The van der Waals surface area contributed by atoms with Crippen molar-refractivity contribution in [2.75, 3.05) is 39.3 Å². The monoisotopic (exact) mass is 371 g/mol. The molecule has 3 rings (SSSR count). The zero-order valence-corrected chi connectivity index (χ0v) is 16.5. The van der Waals surface area contributed by atoms with Crippen LogP contribution in [0.5, 0.6) is 0 Å². The van der Waals surface area contributed by atoms with E-state index >= 15 is 0 Å². The van der Waals surface area contributed by atoms with Gasteiger partial charge in [0.05, 0.1) is 5.92 Å². The summed E-state index contributed by atoms with van der Waals surface area (Å²) in [4.78, 5) is 28.9. The smallest absolute Gasteiger partial charge is 0.225 e. The number of piperidine rings is 1. The van der Waals surface area contributed by atoms with E-state index in [1.54, 1.807) is 0 Å². The number of hydrogen-bond donors (Lipinski definition) is 1. The third kappa shape index (κ3) is 6.06. The summed E-state index contributed by atoms with van der Waals surface area (Å²) in [6.07, 6.45) is 4.75. The van der Waals surface area contributed by atoms with Crippen LogP contribution < -0.4 is 5.32 Å². The van der Waals surface area contributed by atoms with Gasteiger partial charge in [0.15, 0.2) is 0 Å². The van der Waals surface area contributed by atoms with Gasteiger partial charge < -0.3 is 15.1 Å². The number of hydrogen-bond acceptors (Lipinski definition) is 3. The first-order chi connectivity index (χ1) is 13.1. The number of likely N-dealkylation sites (tertiary alicyclic amines) is 2. The Balaban J connectivity index is 1.32. The minimum atomic E-state index is -0.191. The predicted molar refractivity (Wildman–Crippen MR) is 107 cm³/mol. The molecule has 1 aromatic carbocycles. The first-order valence-corrected chi connectivity index (χ1v) is 10.4. The van der Waals surface area contributed by atoms with Gasteiger partial charge >= 0.3 is 0 Å². The number of benzene rings is 1. The summed E-state index contributed by atoms with van der Waals surface area (Å²) >= 11 is 0. The minimum absolute atomic E-state index is 0.0397. The average Bonchev–Trinajstić information content (AvgIpc) is 3.06. The Morgan fingerprint density at radius 2 is 1.89 bits per heavy atom. The van der Waals surface area contributed by atoms with E-state index in [1.807, 2.05) is 23.1 Å². The van der Waals surface area contributed by atoms with Gasteiger partial charge in [0.1, 0.15) is 0 Å². The largest absolute Gasteiger partial charge is 0.356 e. The lowest BCUT2D eigenvalue weighted by atomic mass is 9.99. The molecule has 0 radical (unpaired) electrons. The van der Waals surface area contributed by atoms with Crippen molar-refractivity contribution in [1.29, 1.82) is 0 Å². The van der Waals surface area contributed by atoms with E-state index in [1.165, 1.54) is 31.5 Å². The molecule has 1 N–H and O–H groups in total. The van der Waals surface area contributed by atoms with Gasteiger partial charge in [-0.2, -0.15) is 0 Å². The SMILES string of the molecule is CC1CCN(CCCNC(=O)[C@@H]2CC(=O)N(CCc3ccccc3)C2)CC1. The van der Waals surface area contributed by atoms with Crippen LogP contribution in [0, 0.1) is 11.8 Å². The molecule has 1 aromatic rings. The summed E-state index contributed by atoms with van der Waals surface area (Å²) in [6, 6.07) is 10.2. The molecule has 0 aromatic heterocycles. The molecular formula is C22H33N3O2. The van der Waals surface area contributed by atoms with E-state index in [4.69, 9.17) is 0 Å². The fourth-order valence-corrected chi connectivity index (χ4v) is 4.02. The fourth-order valence-electron chi connectivity index (χ4n) is 4.02. The van der Waals surface area contributed by atoms with Gasteiger partial charge in [0.2, 0.25) is 11.8 Å². The van der Waals surface area contributed by atoms with Crippen LogP contribution in [0.15, 0.2) is 30.3 Å². The van der Waals surface area contributed by atoms with Gasteiger partial charge in [-0.25, -0.2) is 0 Å². The van der Waals surface area contributed by atoms with Gasteiger partial charge in [0.25, 0.3) is 0 Å². The standard InChI is InChI=1S/C22H33N3O2/c1-18-8-13-24(14-9-18)12-5-11-23-22(27)20-16-21(26)25(17-20)15-10-19-6-3-2-4-7-19/h2-4,6-7,18,20H,5,8-17H2,1H3,(H,23,27)/t20-/m1/s1. The van der Waals surface area contributed by atoms with Gasteiger partial charge in [-0.15, -0.1) is 0 Å². The highest BCUT2D eigenvalue weighted by molar-refractivity contribution is 5.89. The summed E-state index contributed by atoms with van der Waals surface area (Å²) < 4.78 is 0. The fraction of sp³-hybridized carbons (Fsp3) is 0.636. The molecule has 1 atom stereocenters. The van der Waals surface area contributed by atoms with E-state index < -0.39 is 0 Å². The number of carbonyl (C=O) groups excluding carboxylic acids is 2. The first-order valence-electron chi connectivity index (χ1n) is 10.4. The molecule has 0 bridgehead atoms. The lowest BCUT2D eigenvalue weighted by Gasteiger charge is -2.30. The van der Waals surface area contributed by atoms with Crippen molar-refractivity contribution in [2.24, 2.45) is 11.8 Å². The van der Waals surface area contributed by atoms with Crippen molar-refractivity contribution in [3.05, 3.63) is 35.9 Å². The van der Waals surface area contributed by atoms with E-state index in [-0.39, 0.29) is 17.7 Å². The molecule has 5 nitrogen and oxygen atoms in total. The molecule has 2 aliphatic rings. The number of nitrogens with zero attached hydrogens (tertiary/aromatic N) is 2. The summed E-state index contributed by atoms with van der Waals surface area (Å²) in [7, 11) is 0. The van der Waals surface area contributed by atoms with Crippen LogP contribution in [0.4, 0.5) is 0 Å². The number of carbonyl (C=O) groups is 2. The Morgan fingerprint density at radius 1 is 1.15 bits per heavy atom. The lowest BCUT2D eigenvalue weighted by molar-refractivity contribution is -0.129. The molecule has 2 aliphatic heterocycles. The van der Waals surface area contributed by atoms with Crippen molar-refractivity contribution in [1.82, 2.24) is 15.1 Å². The second-order valence-corrected chi connectivity index (χ2v) is 8.15. The Labute approximate surface area is 163 Å². The van der Waals surface area contributed by atoms with Crippen LogP contribution in [0.3, 0.4) is 0 Å². The van der Waals surface area contributed by atoms with Gasteiger partial charge in [-0.1, -0.05) is 37.3 Å². The maximum Gasteiger partial charge on any atom is 0.225 e.